The fraction of sp³-hybridized carbons (Fsp3) is 1.00. The average Bonchev–Trinajstić information content (AvgIpc) is 2.15. The zero-order chi connectivity index (χ0) is 10.4. The van der Waals surface area contributed by atoms with E-state index in [0.717, 1.165) is 19.4 Å². The molecule has 1 aliphatic heterocycles. The van der Waals surface area contributed by atoms with Crippen LogP contribution in [0, 0.1) is 0 Å². The number of ether oxygens (including phenoxy) is 1. The lowest BCUT2D eigenvalue weighted by atomic mass is 10.1. The molecule has 0 amide bonds. The second kappa shape index (κ2) is 6.35. The van der Waals surface area contributed by atoms with Crippen LogP contribution in [-0.2, 0) is 4.74 Å². The van der Waals surface area contributed by atoms with Crippen molar-refractivity contribution in [3.05, 3.63) is 0 Å². The van der Waals surface area contributed by atoms with Crippen LogP contribution in [0.15, 0.2) is 0 Å². The molecule has 84 valence electrons. The van der Waals surface area contributed by atoms with Gasteiger partial charge in [-0.2, -0.15) is 0 Å². The molecule has 2 N–H and O–H groups in total. The molecule has 0 spiro atoms. The molecule has 2 atom stereocenters. The highest BCUT2D eigenvalue weighted by Gasteiger charge is 2.19. The number of hydrogen-bond donors (Lipinski definition) is 2. The van der Waals surface area contributed by atoms with E-state index in [-0.39, 0.29) is 6.10 Å². The molecule has 1 saturated heterocycles. The smallest absolute Gasteiger partial charge is 0.0900 e. The lowest BCUT2D eigenvalue weighted by Gasteiger charge is -2.31. The Balaban J connectivity index is 2.15. The molecule has 2 unspecified atom stereocenters. The molecular weight excluding hydrogens is 182 g/mol. The van der Waals surface area contributed by atoms with Gasteiger partial charge in [0.15, 0.2) is 0 Å². The maximum absolute atomic E-state index is 9.57. The summed E-state index contributed by atoms with van der Waals surface area (Å²) < 4.78 is 5.12. The highest BCUT2D eigenvalue weighted by molar-refractivity contribution is 4.73. The Morgan fingerprint density at radius 3 is 3.00 bits per heavy atom. The van der Waals surface area contributed by atoms with Crippen molar-refractivity contribution in [2.75, 3.05) is 32.8 Å². The minimum Gasteiger partial charge on any atom is -0.392 e. The molecule has 0 aromatic heterocycles. The monoisotopic (exact) mass is 203 g/mol. The second-order valence-corrected chi connectivity index (χ2v) is 3.87. The summed E-state index contributed by atoms with van der Waals surface area (Å²) >= 11 is 0. The predicted molar refractivity (Wildman–Crippen MR) is 54.2 cm³/mol. The fourth-order valence-corrected chi connectivity index (χ4v) is 1.80. The van der Waals surface area contributed by atoms with Crippen molar-refractivity contribution in [3.8, 4) is 0 Å². The van der Waals surface area contributed by atoms with Crippen LogP contribution in [0.3, 0.4) is 0 Å². The van der Waals surface area contributed by atoms with Crippen molar-refractivity contribution in [2.24, 2.45) is 0 Å². The molecule has 0 aromatic carbocycles. The third-order valence-corrected chi connectivity index (χ3v) is 2.46. The third kappa shape index (κ3) is 4.37. The Hall–Kier alpha value is -0.160. The van der Waals surface area contributed by atoms with Gasteiger partial charge < -0.3 is 14.9 Å². The largest absolute Gasteiger partial charge is 0.392 e. The standard InChI is InChI=1S/C10H21NO3/c1-2-14-8-10(13)7-11-5-3-4-9(12)6-11/h9-10,12-13H,2-8H2,1H3. The van der Waals surface area contributed by atoms with E-state index in [1.165, 1.54) is 0 Å². The van der Waals surface area contributed by atoms with Gasteiger partial charge in [0.1, 0.15) is 0 Å². The van der Waals surface area contributed by atoms with Crippen LogP contribution in [-0.4, -0.2) is 60.2 Å². The van der Waals surface area contributed by atoms with E-state index >= 15 is 0 Å². The molecular formula is C10H21NO3. The zero-order valence-electron chi connectivity index (χ0n) is 8.85. The summed E-state index contributed by atoms with van der Waals surface area (Å²) in [7, 11) is 0. The van der Waals surface area contributed by atoms with Crippen molar-refractivity contribution in [1.82, 2.24) is 4.90 Å². The van der Waals surface area contributed by atoms with E-state index in [2.05, 4.69) is 4.90 Å². The Labute approximate surface area is 85.5 Å². The van der Waals surface area contributed by atoms with Crippen LogP contribution >= 0.6 is 0 Å². The summed E-state index contributed by atoms with van der Waals surface area (Å²) in [5, 5.41) is 19.0. The van der Waals surface area contributed by atoms with Gasteiger partial charge in [-0.1, -0.05) is 0 Å². The van der Waals surface area contributed by atoms with Crippen molar-refractivity contribution in [2.45, 2.75) is 32.0 Å². The van der Waals surface area contributed by atoms with E-state index in [4.69, 9.17) is 4.74 Å². The van der Waals surface area contributed by atoms with Crippen LogP contribution in [0.4, 0.5) is 0 Å². The number of aliphatic hydroxyl groups is 2. The van der Waals surface area contributed by atoms with E-state index in [0.29, 0.717) is 26.3 Å². The third-order valence-electron chi connectivity index (χ3n) is 2.46. The molecule has 1 aliphatic rings. The van der Waals surface area contributed by atoms with Gasteiger partial charge >= 0.3 is 0 Å². The number of piperidine rings is 1. The predicted octanol–water partition coefficient (Wildman–Crippen LogP) is -0.160. The van der Waals surface area contributed by atoms with E-state index in [1.54, 1.807) is 0 Å². The molecule has 0 saturated carbocycles. The van der Waals surface area contributed by atoms with Gasteiger partial charge in [0.25, 0.3) is 0 Å². The molecule has 1 heterocycles. The first-order valence-electron chi connectivity index (χ1n) is 5.38. The number of likely N-dealkylation sites (tertiary alicyclic amines) is 1. The highest BCUT2D eigenvalue weighted by Crippen LogP contribution is 2.09. The van der Waals surface area contributed by atoms with Gasteiger partial charge in [-0.15, -0.1) is 0 Å². The van der Waals surface area contributed by atoms with Gasteiger partial charge in [-0.25, -0.2) is 0 Å². The number of β-amino-alcohol motifs (C(OH)–C–C–N with tert-alkyl or cyclic N) is 2. The first-order chi connectivity index (χ1) is 6.72. The lowest BCUT2D eigenvalue weighted by molar-refractivity contribution is 0.0000173. The summed E-state index contributed by atoms with van der Waals surface area (Å²) in [5.74, 6) is 0. The van der Waals surface area contributed by atoms with Crippen molar-refractivity contribution >= 4 is 0 Å². The number of rotatable bonds is 5. The summed E-state index contributed by atoms with van der Waals surface area (Å²) in [5.41, 5.74) is 0. The van der Waals surface area contributed by atoms with Crippen molar-refractivity contribution in [3.63, 3.8) is 0 Å². The zero-order valence-corrected chi connectivity index (χ0v) is 8.85. The minimum atomic E-state index is -0.430. The molecule has 0 bridgehead atoms. The fourth-order valence-electron chi connectivity index (χ4n) is 1.80. The lowest BCUT2D eigenvalue weighted by Crippen LogP contribution is -2.43. The summed E-state index contributed by atoms with van der Waals surface area (Å²) in [6, 6.07) is 0. The Bertz CT molecular complexity index is 154. The van der Waals surface area contributed by atoms with Gasteiger partial charge in [-0.3, -0.25) is 4.90 Å². The number of nitrogens with zero attached hydrogens (tertiary/aromatic N) is 1. The quantitative estimate of drug-likeness (QED) is 0.652. The maximum Gasteiger partial charge on any atom is 0.0900 e. The molecule has 1 rings (SSSR count). The van der Waals surface area contributed by atoms with Crippen LogP contribution in [0.2, 0.25) is 0 Å². The molecule has 0 aromatic rings. The van der Waals surface area contributed by atoms with Crippen molar-refractivity contribution < 1.29 is 14.9 Å². The highest BCUT2D eigenvalue weighted by atomic mass is 16.5. The molecule has 1 fully saturated rings. The van der Waals surface area contributed by atoms with Crippen LogP contribution in [0.1, 0.15) is 19.8 Å². The normalized spacial score (nSPS) is 26.4. The summed E-state index contributed by atoms with van der Waals surface area (Å²) in [6.07, 6.45) is 1.25. The first-order valence-corrected chi connectivity index (χ1v) is 5.38. The van der Waals surface area contributed by atoms with Crippen LogP contribution in [0.25, 0.3) is 0 Å². The first kappa shape index (κ1) is 11.9. The van der Waals surface area contributed by atoms with Crippen LogP contribution in [0.5, 0.6) is 0 Å². The Kier molecular flexibility index (Phi) is 5.40. The maximum atomic E-state index is 9.57. The molecule has 4 heteroatoms. The molecule has 0 aliphatic carbocycles. The number of aliphatic hydroxyl groups excluding tert-OH is 2. The van der Waals surface area contributed by atoms with E-state index < -0.39 is 6.10 Å². The van der Waals surface area contributed by atoms with Gasteiger partial charge in [0.2, 0.25) is 0 Å². The average molecular weight is 203 g/mol. The summed E-state index contributed by atoms with van der Waals surface area (Å²) in [4.78, 5) is 2.10. The van der Waals surface area contributed by atoms with E-state index in [1.807, 2.05) is 6.92 Å². The minimum absolute atomic E-state index is 0.219. The Morgan fingerprint density at radius 1 is 1.57 bits per heavy atom. The Morgan fingerprint density at radius 2 is 2.36 bits per heavy atom. The number of hydrogen-bond acceptors (Lipinski definition) is 4. The second-order valence-electron chi connectivity index (χ2n) is 3.87. The molecule has 4 nitrogen and oxygen atoms in total. The molecule has 14 heavy (non-hydrogen) atoms. The summed E-state index contributed by atoms with van der Waals surface area (Å²) in [6.45, 7) is 5.21. The van der Waals surface area contributed by atoms with Gasteiger partial charge in [0, 0.05) is 19.7 Å². The van der Waals surface area contributed by atoms with Crippen molar-refractivity contribution in [1.29, 1.82) is 0 Å². The van der Waals surface area contributed by atoms with E-state index in [9.17, 15) is 10.2 Å². The molecule has 0 radical (unpaired) electrons. The topological polar surface area (TPSA) is 52.9 Å². The van der Waals surface area contributed by atoms with Gasteiger partial charge in [-0.05, 0) is 26.3 Å². The van der Waals surface area contributed by atoms with Crippen LogP contribution < -0.4 is 0 Å². The van der Waals surface area contributed by atoms with Gasteiger partial charge in [0.05, 0.1) is 18.8 Å². The SMILES string of the molecule is CCOCC(O)CN1CCCC(O)C1.